The molecule has 0 atom stereocenters. The van der Waals surface area contributed by atoms with Gasteiger partial charge in [-0.3, -0.25) is 0 Å². The Labute approximate surface area is 81.7 Å². The molecule has 1 N–H and O–H groups in total. The number of nitrogens with zero attached hydrogens (tertiary/aromatic N) is 1. The van der Waals surface area contributed by atoms with Crippen LogP contribution in [-0.2, 0) is 4.74 Å². The maximum Gasteiger partial charge on any atom is 0.0593 e. The van der Waals surface area contributed by atoms with E-state index in [0.717, 1.165) is 26.1 Å². The second-order valence-electron chi connectivity index (χ2n) is 3.35. The normalized spacial score (nSPS) is 11.1. The summed E-state index contributed by atoms with van der Waals surface area (Å²) in [4.78, 5) is 2.28. The zero-order valence-corrected chi connectivity index (χ0v) is 8.96. The molecule has 0 bridgehead atoms. The van der Waals surface area contributed by atoms with Crippen LogP contribution >= 0.6 is 0 Å². The van der Waals surface area contributed by atoms with Gasteiger partial charge in [-0.05, 0) is 26.4 Å². The molecule has 0 radical (unpaired) electrons. The standard InChI is InChI=1S/C10H23NO2/c1-3-4-6-11(2)7-10-13-9-5-8-12/h12H,3-10H2,1-2H3. The third-order valence-corrected chi connectivity index (χ3v) is 1.96. The van der Waals surface area contributed by atoms with Crippen molar-refractivity contribution in [2.24, 2.45) is 0 Å². The van der Waals surface area contributed by atoms with E-state index in [0.29, 0.717) is 6.61 Å². The van der Waals surface area contributed by atoms with Crippen molar-refractivity contribution in [3.63, 3.8) is 0 Å². The van der Waals surface area contributed by atoms with Crippen LogP contribution in [-0.4, -0.2) is 50.0 Å². The molecule has 80 valence electrons. The first-order chi connectivity index (χ1) is 6.31. The third kappa shape index (κ3) is 9.80. The zero-order valence-electron chi connectivity index (χ0n) is 8.96. The summed E-state index contributed by atoms with van der Waals surface area (Å²) in [7, 11) is 2.12. The Morgan fingerprint density at radius 2 is 1.92 bits per heavy atom. The van der Waals surface area contributed by atoms with Crippen molar-refractivity contribution in [2.45, 2.75) is 26.2 Å². The molecule has 0 unspecified atom stereocenters. The van der Waals surface area contributed by atoms with Gasteiger partial charge in [0.15, 0.2) is 0 Å². The molecule has 3 nitrogen and oxygen atoms in total. The fourth-order valence-corrected chi connectivity index (χ4v) is 1.03. The molecule has 0 aromatic rings. The Hall–Kier alpha value is -0.120. The lowest BCUT2D eigenvalue weighted by Gasteiger charge is -2.15. The van der Waals surface area contributed by atoms with E-state index in [4.69, 9.17) is 9.84 Å². The maximum absolute atomic E-state index is 8.50. The van der Waals surface area contributed by atoms with Crippen molar-refractivity contribution in [1.29, 1.82) is 0 Å². The van der Waals surface area contributed by atoms with Gasteiger partial charge >= 0.3 is 0 Å². The number of rotatable bonds is 9. The number of unbranched alkanes of at least 4 members (excludes halogenated alkanes) is 1. The highest BCUT2D eigenvalue weighted by Gasteiger charge is 1.96. The van der Waals surface area contributed by atoms with E-state index in [-0.39, 0.29) is 6.61 Å². The summed E-state index contributed by atoms with van der Waals surface area (Å²) in [6, 6.07) is 0. The lowest BCUT2D eigenvalue weighted by molar-refractivity contribution is 0.0977. The van der Waals surface area contributed by atoms with E-state index < -0.39 is 0 Å². The first-order valence-corrected chi connectivity index (χ1v) is 5.18. The minimum atomic E-state index is 0.228. The molecule has 0 aromatic heterocycles. The Kier molecular flexibility index (Phi) is 9.87. The topological polar surface area (TPSA) is 32.7 Å². The molecule has 0 fully saturated rings. The molecule has 0 saturated heterocycles. The first-order valence-electron chi connectivity index (χ1n) is 5.18. The van der Waals surface area contributed by atoms with Gasteiger partial charge in [0.05, 0.1) is 6.61 Å². The third-order valence-electron chi connectivity index (χ3n) is 1.96. The van der Waals surface area contributed by atoms with Gasteiger partial charge in [0, 0.05) is 19.8 Å². The van der Waals surface area contributed by atoms with E-state index in [2.05, 4.69) is 18.9 Å². The first kappa shape index (κ1) is 12.9. The summed E-state index contributed by atoms with van der Waals surface area (Å²) in [6.45, 7) is 6.03. The fourth-order valence-electron chi connectivity index (χ4n) is 1.03. The van der Waals surface area contributed by atoms with Crippen molar-refractivity contribution in [1.82, 2.24) is 4.90 Å². The maximum atomic E-state index is 8.50. The quantitative estimate of drug-likeness (QED) is 0.552. The van der Waals surface area contributed by atoms with Crippen molar-refractivity contribution in [2.75, 3.05) is 40.0 Å². The Bertz CT molecular complexity index is 98.9. The molecule has 0 spiro atoms. The average molecular weight is 189 g/mol. The van der Waals surface area contributed by atoms with Gasteiger partial charge in [-0.1, -0.05) is 13.3 Å². The van der Waals surface area contributed by atoms with Crippen LogP contribution in [0.3, 0.4) is 0 Å². The smallest absolute Gasteiger partial charge is 0.0593 e. The van der Waals surface area contributed by atoms with Gasteiger partial charge < -0.3 is 14.7 Å². The summed E-state index contributed by atoms with van der Waals surface area (Å²) in [6.07, 6.45) is 3.25. The summed E-state index contributed by atoms with van der Waals surface area (Å²) in [5.41, 5.74) is 0. The average Bonchev–Trinajstić information content (AvgIpc) is 2.14. The molecule has 0 amide bonds. The van der Waals surface area contributed by atoms with Crippen molar-refractivity contribution < 1.29 is 9.84 Å². The lowest BCUT2D eigenvalue weighted by Crippen LogP contribution is -2.24. The number of aliphatic hydroxyl groups is 1. The summed E-state index contributed by atoms with van der Waals surface area (Å²) in [5, 5.41) is 8.50. The van der Waals surface area contributed by atoms with Gasteiger partial charge in [-0.25, -0.2) is 0 Å². The summed E-state index contributed by atoms with van der Waals surface area (Å²) in [5.74, 6) is 0. The molecule has 0 heterocycles. The molecule has 0 saturated carbocycles. The minimum absolute atomic E-state index is 0.228. The highest BCUT2D eigenvalue weighted by molar-refractivity contribution is 4.49. The van der Waals surface area contributed by atoms with E-state index >= 15 is 0 Å². The van der Waals surface area contributed by atoms with Crippen LogP contribution < -0.4 is 0 Å². The predicted molar refractivity (Wildman–Crippen MR) is 54.9 cm³/mol. The predicted octanol–water partition coefficient (Wildman–Crippen LogP) is 1.12. The van der Waals surface area contributed by atoms with E-state index in [1.165, 1.54) is 12.8 Å². The van der Waals surface area contributed by atoms with Gasteiger partial charge in [-0.2, -0.15) is 0 Å². The second kappa shape index (κ2) is 9.96. The van der Waals surface area contributed by atoms with Gasteiger partial charge in [0.25, 0.3) is 0 Å². The molecule has 0 aliphatic carbocycles. The van der Waals surface area contributed by atoms with Crippen LogP contribution in [0.15, 0.2) is 0 Å². The van der Waals surface area contributed by atoms with Gasteiger partial charge in [0.2, 0.25) is 0 Å². The molecule has 3 heteroatoms. The molecular weight excluding hydrogens is 166 g/mol. The molecule has 0 aliphatic heterocycles. The van der Waals surface area contributed by atoms with Crippen molar-refractivity contribution in [3.8, 4) is 0 Å². The molecule has 0 aromatic carbocycles. The van der Waals surface area contributed by atoms with Crippen LogP contribution in [0, 0.1) is 0 Å². The number of aliphatic hydroxyl groups excluding tert-OH is 1. The van der Waals surface area contributed by atoms with Gasteiger partial charge in [-0.15, -0.1) is 0 Å². The van der Waals surface area contributed by atoms with Gasteiger partial charge in [0.1, 0.15) is 0 Å². The number of ether oxygens (including phenoxy) is 1. The Balaban J connectivity index is 3.03. The van der Waals surface area contributed by atoms with Crippen LogP contribution in [0.1, 0.15) is 26.2 Å². The van der Waals surface area contributed by atoms with E-state index in [1.807, 2.05) is 0 Å². The minimum Gasteiger partial charge on any atom is -0.396 e. The molecule has 13 heavy (non-hydrogen) atoms. The van der Waals surface area contributed by atoms with Crippen molar-refractivity contribution >= 4 is 0 Å². The van der Waals surface area contributed by atoms with Crippen molar-refractivity contribution in [3.05, 3.63) is 0 Å². The van der Waals surface area contributed by atoms with E-state index in [1.54, 1.807) is 0 Å². The number of hydrogen-bond donors (Lipinski definition) is 1. The highest BCUT2D eigenvalue weighted by Crippen LogP contribution is 1.91. The highest BCUT2D eigenvalue weighted by atomic mass is 16.5. The van der Waals surface area contributed by atoms with E-state index in [9.17, 15) is 0 Å². The Morgan fingerprint density at radius 1 is 1.15 bits per heavy atom. The number of hydrogen-bond acceptors (Lipinski definition) is 3. The second-order valence-corrected chi connectivity index (χ2v) is 3.35. The Morgan fingerprint density at radius 3 is 2.54 bits per heavy atom. The van der Waals surface area contributed by atoms with Crippen LogP contribution in [0.25, 0.3) is 0 Å². The number of likely N-dealkylation sites (N-methyl/N-ethyl adjacent to an activating group) is 1. The molecule has 0 aliphatic rings. The summed E-state index contributed by atoms with van der Waals surface area (Å²) < 4.78 is 5.32. The molecular formula is C10H23NO2. The zero-order chi connectivity index (χ0) is 9.94. The van der Waals surface area contributed by atoms with Crippen LogP contribution in [0.2, 0.25) is 0 Å². The fraction of sp³-hybridized carbons (Fsp3) is 1.00. The van der Waals surface area contributed by atoms with Crippen LogP contribution in [0.4, 0.5) is 0 Å². The summed E-state index contributed by atoms with van der Waals surface area (Å²) >= 11 is 0. The monoisotopic (exact) mass is 189 g/mol. The molecule has 0 rings (SSSR count). The SMILES string of the molecule is CCCCN(C)CCOCCCO. The lowest BCUT2D eigenvalue weighted by atomic mass is 10.3. The largest absolute Gasteiger partial charge is 0.396 e. The van der Waals surface area contributed by atoms with Crippen LogP contribution in [0.5, 0.6) is 0 Å².